The second-order valence-corrected chi connectivity index (χ2v) is 5.13. The Morgan fingerprint density at radius 2 is 1.79 bits per heavy atom. The van der Waals surface area contributed by atoms with E-state index in [0.29, 0.717) is 24.0 Å². The average molecular weight is 319 g/mol. The smallest absolute Gasteiger partial charge is 0.273 e. The van der Waals surface area contributed by atoms with Crippen molar-refractivity contribution < 1.29 is 5.11 Å². The summed E-state index contributed by atoms with van der Waals surface area (Å²) in [6.45, 7) is 0.578. The van der Waals surface area contributed by atoms with Crippen molar-refractivity contribution >= 4 is 11.7 Å². The molecule has 3 aromatic heterocycles. The van der Waals surface area contributed by atoms with Crippen LogP contribution in [0.1, 0.15) is 5.56 Å². The molecule has 0 bridgehead atoms. The van der Waals surface area contributed by atoms with Gasteiger partial charge in [0, 0.05) is 24.5 Å². The van der Waals surface area contributed by atoms with E-state index in [2.05, 4.69) is 30.6 Å². The molecule has 4 aromatic rings. The Bertz CT molecular complexity index is 967. The first-order valence-corrected chi connectivity index (χ1v) is 7.30. The lowest BCUT2D eigenvalue weighted by atomic mass is 10.2. The van der Waals surface area contributed by atoms with Crippen LogP contribution in [-0.2, 0) is 6.54 Å². The SMILES string of the molecule is Oc1ccc(-c2cnc3nnc(NCc4ccncc4)n3n2)cc1. The number of nitrogens with zero attached hydrogens (tertiary/aromatic N) is 6. The quantitative estimate of drug-likeness (QED) is 0.592. The first-order valence-electron chi connectivity index (χ1n) is 7.30. The Balaban J connectivity index is 1.64. The van der Waals surface area contributed by atoms with E-state index in [-0.39, 0.29) is 5.75 Å². The van der Waals surface area contributed by atoms with E-state index in [9.17, 15) is 5.11 Å². The van der Waals surface area contributed by atoms with E-state index >= 15 is 0 Å². The molecule has 0 aliphatic rings. The van der Waals surface area contributed by atoms with Crippen LogP contribution in [0.2, 0.25) is 0 Å². The van der Waals surface area contributed by atoms with Crippen molar-refractivity contribution in [3.05, 3.63) is 60.6 Å². The zero-order valence-corrected chi connectivity index (χ0v) is 12.5. The molecule has 24 heavy (non-hydrogen) atoms. The van der Waals surface area contributed by atoms with E-state index in [1.165, 1.54) is 0 Å². The van der Waals surface area contributed by atoms with Gasteiger partial charge in [0.1, 0.15) is 11.4 Å². The Kier molecular flexibility index (Phi) is 3.47. The van der Waals surface area contributed by atoms with Gasteiger partial charge in [-0.15, -0.1) is 10.2 Å². The maximum absolute atomic E-state index is 9.39. The fourth-order valence-corrected chi connectivity index (χ4v) is 2.25. The highest BCUT2D eigenvalue weighted by atomic mass is 16.3. The van der Waals surface area contributed by atoms with Crippen LogP contribution in [0.3, 0.4) is 0 Å². The second kappa shape index (κ2) is 5.92. The molecule has 8 heteroatoms. The average Bonchev–Trinajstić information content (AvgIpc) is 3.04. The minimum Gasteiger partial charge on any atom is -0.508 e. The molecule has 0 atom stereocenters. The molecule has 4 rings (SSSR count). The van der Waals surface area contributed by atoms with Crippen LogP contribution < -0.4 is 5.32 Å². The molecule has 0 radical (unpaired) electrons. The molecule has 1 aromatic carbocycles. The number of hydrogen-bond donors (Lipinski definition) is 2. The lowest BCUT2D eigenvalue weighted by Gasteiger charge is -2.05. The lowest BCUT2D eigenvalue weighted by molar-refractivity contribution is 0.475. The Labute approximate surface area is 136 Å². The third-order valence-corrected chi connectivity index (χ3v) is 3.50. The molecule has 0 amide bonds. The summed E-state index contributed by atoms with van der Waals surface area (Å²) in [5.74, 6) is 1.13. The molecular formula is C16H13N7O. The fourth-order valence-electron chi connectivity index (χ4n) is 2.25. The van der Waals surface area contributed by atoms with E-state index < -0.39 is 0 Å². The normalized spacial score (nSPS) is 10.8. The highest BCUT2D eigenvalue weighted by Crippen LogP contribution is 2.19. The topological polar surface area (TPSA) is 101 Å². The number of fused-ring (bicyclic) bond motifs is 1. The minimum atomic E-state index is 0.205. The summed E-state index contributed by atoms with van der Waals surface area (Å²) in [6, 6.07) is 10.6. The molecule has 3 heterocycles. The number of hydrogen-bond acceptors (Lipinski definition) is 7. The summed E-state index contributed by atoms with van der Waals surface area (Å²) in [5.41, 5.74) is 2.58. The molecule has 8 nitrogen and oxygen atoms in total. The molecule has 0 saturated carbocycles. The number of benzene rings is 1. The van der Waals surface area contributed by atoms with Crippen molar-refractivity contribution in [2.45, 2.75) is 6.54 Å². The van der Waals surface area contributed by atoms with E-state index in [0.717, 1.165) is 11.1 Å². The molecule has 0 aliphatic carbocycles. The molecule has 2 N–H and O–H groups in total. The predicted molar refractivity (Wildman–Crippen MR) is 87.2 cm³/mol. The van der Waals surface area contributed by atoms with Gasteiger partial charge in [-0.2, -0.15) is 9.61 Å². The highest BCUT2D eigenvalue weighted by Gasteiger charge is 2.09. The number of pyridine rings is 1. The van der Waals surface area contributed by atoms with Gasteiger partial charge in [0.05, 0.1) is 6.20 Å². The van der Waals surface area contributed by atoms with Crippen LogP contribution >= 0.6 is 0 Å². The Hall–Kier alpha value is -3.55. The summed E-state index contributed by atoms with van der Waals surface area (Å²) in [7, 11) is 0. The molecule has 0 saturated heterocycles. The first kappa shape index (κ1) is 14.1. The standard InChI is InChI=1S/C16H13N7O/c24-13-3-1-12(2-4-13)14-10-19-16-21-20-15(23(16)22-14)18-9-11-5-7-17-8-6-11/h1-8,10,24H,9H2,(H,18,20). The second-order valence-electron chi connectivity index (χ2n) is 5.13. The van der Waals surface area contributed by atoms with Gasteiger partial charge in [-0.05, 0) is 42.0 Å². The molecule has 0 aliphatic heterocycles. The first-order chi connectivity index (χ1) is 11.8. The maximum Gasteiger partial charge on any atom is 0.273 e. The van der Waals surface area contributed by atoms with Crippen molar-refractivity contribution in [3.8, 4) is 17.0 Å². The summed E-state index contributed by atoms with van der Waals surface area (Å²) in [5, 5.41) is 25.2. The fraction of sp³-hybridized carbons (Fsp3) is 0.0625. The van der Waals surface area contributed by atoms with Crippen molar-refractivity contribution in [2.75, 3.05) is 5.32 Å². The number of anilines is 1. The van der Waals surface area contributed by atoms with Gasteiger partial charge in [-0.3, -0.25) is 4.98 Å². The molecular weight excluding hydrogens is 306 g/mol. The van der Waals surface area contributed by atoms with Crippen molar-refractivity contribution in [2.24, 2.45) is 0 Å². The Morgan fingerprint density at radius 1 is 1.00 bits per heavy atom. The lowest BCUT2D eigenvalue weighted by Crippen LogP contribution is -2.06. The van der Waals surface area contributed by atoms with Gasteiger partial charge in [-0.1, -0.05) is 0 Å². The third kappa shape index (κ3) is 2.72. The summed E-state index contributed by atoms with van der Waals surface area (Å²) < 4.78 is 1.56. The molecule has 118 valence electrons. The third-order valence-electron chi connectivity index (χ3n) is 3.50. The van der Waals surface area contributed by atoms with Gasteiger partial charge < -0.3 is 10.4 Å². The van der Waals surface area contributed by atoms with Gasteiger partial charge in [0.15, 0.2) is 0 Å². The highest BCUT2D eigenvalue weighted by molar-refractivity contribution is 5.59. The monoisotopic (exact) mass is 319 g/mol. The van der Waals surface area contributed by atoms with Gasteiger partial charge >= 0.3 is 0 Å². The zero-order chi connectivity index (χ0) is 16.4. The van der Waals surface area contributed by atoms with Crippen molar-refractivity contribution in [1.29, 1.82) is 0 Å². The number of phenols is 1. The zero-order valence-electron chi connectivity index (χ0n) is 12.5. The Morgan fingerprint density at radius 3 is 2.58 bits per heavy atom. The van der Waals surface area contributed by atoms with E-state index in [1.54, 1.807) is 47.4 Å². The number of nitrogens with one attached hydrogen (secondary N) is 1. The largest absolute Gasteiger partial charge is 0.508 e. The summed E-state index contributed by atoms with van der Waals surface area (Å²) in [6.07, 6.45) is 5.10. The van der Waals surface area contributed by atoms with Crippen LogP contribution in [0.15, 0.2) is 55.0 Å². The van der Waals surface area contributed by atoms with Gasteiger partial charge in [-0.25, -0.2) is 4.98 Å². The number of rotatable bonds is 4. The van der Waals surface area contributed by atoms with E-state index in [1.807, 2.05) is 12.1 Å². The number of aromatic hydroxyl groups is 1. The van der Waals surface area contributed by atoms with Gasteiger partial charge in [0.25, 0.3) is 5.78 Å². The van der Waals surface area contributed by atoms with Crippen LogP contribution in [0, 0.1) is 0 Å². The van der Waals surface area contributed by atoms with Crippen molar-refractivity contribution in [1.82, 2.24) is 29.8 Å². The number of phenolic OH excluding ortho intramolecular Hbond substituents is 1. The molecule has 0 unspecified atom stereocenters. The number of aromatic nitrogens is 6. The van der Waals surface area contributed by atoms with Crippen LogP contribution in [-0.4, -0.2) is 34.9 Å². The van der Waals surface area contributed by atoms with E-state index in [4.69, 9.17) is 0 Å². The van der Waals surface area contributed by atoms with Gasteiger partial charge in [0.2, 0.25) is 5.95 Å². The predicted octanol–water partition coefficient (Wildman–Crippen LogP) is 1.90. The van der Waals surface area contributed by atoms with Crippen LogP contribution in [0.5, 0.6) is 5.75 Å². The maximum atomic E-state index is 9.39. The van der Waals surface area contributed by atoms with Crippen LogP contribution in [0.25, 0.3) is 17.0 Å². The van der Waals surface area contributed by atoms with Crippen molar-refractivity contribution in [3.63, 3.8) is 0 Å². The summed E-state index contributed by atoms with van der Waals surface area (Å²) in [4.78, 5) is 8.26. The van der Waals surface area contributed by atoms with Crippen LogP contribution in [0.4, 0.5) is 5.95 Å². The molecule has 0 spiro atoms. The minimum absolute atomic E-state index is 0.205. The molecule has 0 fully saturated rings. The summed E-state index contributed by atoms with van der Waals surface area (Å²) >= 11 is 0.